The smallest absolute Gasteiger partial charge is 0.227 e. The number of hydrogen-bond acceptors (Lipinski definition) is 3. The Morgan fingerprint density at radius 1 is 1.08 bits per heavy atom. The van der Waals surface area contributed by atoms with Crippen LogP contribution in [0.25, 0.3) is 0 Å². The van der Waals surface area contributed by atoms with Crippen molar-refractivity contribution in [2.75, 3.05) is 18.4 Å². The third-order valence-corrected chi connectivity index (χ3v) is 4.75. The van der Waals surface area contributed by atoms with Crippen molar-refractivity contribution < 1.29 is 14.3 Å². The Balaban J connectivity index is 1.65. The van der Waals surface area contributed by atoms with Gasteiger partial charge in [-0.05, 0) is 49.2 Å². The third-order valence-electron chi connectivity index (χ3n) is 4.50. The highest BCUT2D eigenvalue weighted by Gasteiger charge is 2.26. The lowest BCUT2D eigenvalue weighted by Gasteiger charge is -2.30. The van der Waals surface area contributed by atoms with E-state index in [0.717, 1.165) is 0 Å². The van der Waals surface area contributed by atoms with Crippen molar-refractivity contribution in [3.05, 3.63) is 53.6 Å². The van der Waals surface area contributed by atoms with Gasteiger partial charge in [0.2, 0.25) is 11.8 Å². The van der Waals surface area contributed by atoms with Crippen LogP contribution in [0.5, 0.6) is 11.5 Å². The molecule has 26 heavy (non-hydrogen) atoms. The number of nitrogens with zero attached hydrogens (tertiary/aromatic N) is 1. The van der Waals surface area contributed by atoms with E-state index in [9.17, 15) is 9.59 Å². The molecule has 0 atom stereocenters. The van der Waals surface area contributed by atoms with Gasteiger partial charge in [-0.15, -0.1) is 0 Å². The fourth-order valence-electron chi connectivity index (χ4n) is 2.98. The summed E-state index contributed by atoms with van der Waals surface area (Å²) in [5.74, 6) is 1.13. The molecule has 1 aliphatic rings. The summed E-state index contributed by atoms with van der Waals surface area (Å²) in [5.41, 5.74) is 0.626. The standard InChI is InChI=1S/C20H21ClN2O3/c1-14(24)23-12-10-15(11-13-23)20(25)22-18-4-2-3-5-19(18)26-17-8-6-16(21)7-9-17/h2-9,15H,10-13H2,1H3,(H,22,25). The number of rotatable bonds is 4. The highest BCUT2D eigenvalue weighted by molar-refractivity contribution is 6.30. The van der Waals surface area contributed by atoms with E-state index >= 15 is 0 Å². The normalized spacial score (nSPS) is 14.8. The number of carbonyl (C=O) groups is 2. The average molecular weight is 373 g/mol. The summed E-state index contributed by atoms with van der Waals surface area (Å²) < 4.78 is 5.87. The molecule has 1 saturated heterocycles. The molecule has 2 aromatic carbocycles. The largest absolute Gasteiger partial charge is 0.455 e. The van der Waals surface area contributed by atoms with Crippen LogP contribution >= 0.6 is 11.6 Å². The number of halogens is 1. The number of nitrogens with one attached hydrogen (secondary N) is 1. The van der Waals surface area contributed by atoms with Gasteiger partial charge in [0.05, 0.1) is 5.69 Å². The van der Waals surface area contributed by atoms with Crippen molar-refractivity contribution in [2.45, 2.75) is 19.8 Å². The molecule has 1 fully saturated rings. The minimum Gasteiger partial charge on any atom is -0.455 e. The number of amides is 2. The van der Waals surface area contributed by atoms with Gasteiger partial charge in [0.15, 0.2) is 5.75 Å². The molecule has 2 aromatic rings. The van der Waals surface area contributed by atoms with Gasteiger partial charge in [-0.3, -0.25) is 9.59 Å². The van der Waals surface area contributed by atoms with E-state index in [4.69, 9.17) is 16.3 Å². The number of likely N-dealkylation sites (tertiary alicyclic amines) is 1. The zero-order valence-electron chi connectivity index (χ0n) is 14.6. The Morgan fingerprint density at radius 2 is 1.73 bits per heavy atom. The number of carbonyl (C=O) groups excluding carboxylic acids is 2. The quantitative estimate of drug-likeness (QED) is 0.869. The number of piperidine rings is 1. The van der Waals surface area contributed by atoms with Crippen LogP contribution in [0.2, 0.25) is 5.02 Å². The molecule has 1 aliphatic heterocycles. The first kappa shape index (κ1) is 18.3. The van der Waals surface area contributed by atoms with E-state index < -0.39 is 0 Å². The lowest BCUT2D eigenvalue weighted by molar-refractivity contribution is -0.132. The summed E-state index contributed by atoms with van der Waals surface area (Å²) in [6.45, 7) is 2.80. The maximum Gasteiger partial charge on any atom is 0.227 e. The maximum absolute atomic E-state index is 12.6. The topological polar surface area (TPSA) is 58.6 Å². The molecule has 2 amide bonds. The van der Waals surface area contributed by atoms with Crippen molar-refractivity contribution >= 4 is 29.1 Å². The van der Waals surface area contributed by atoms with Crippen molar-refractivity contribution in [1.82, 2.24) is 4.90 Å². The molecule has 0 radical (unpaired) electrons. The van der Waals surface area contributed by atoms with Crippen molar-refractivity contribution in [3.63, 3.8) is 0 Å². The molecule has 6 heteroatoms. The Labute approximate surface area is 157 Å². The van der Waals surface area contributed by atoms with Crippen LogP contribution in [-0.2, 0) is 9.59 Å². The van der Waals surface area contributed by atoms with Gasteiger partial charge in [0, 0.05) is 31.0 Å². The molecule has 0 saturated carbocycles. The number of hydrogen-bond donors (Lipinski definition) is 1. The molecule has 0 aliphatic carbocycles. The van der Waals surface area contributed by atoms with E-state index in [1.807, 2.05) is 24.3 Å². The Bertz CT molecular complexity index is 784. The van der Waals surface area contributed by atoms with Gasteiger partial charge >= 0.3 is 0 Å². The maximum atomic E-state index is 12.6. The van der Waals surface area contributed by atoms with Crippen LogP contribution in [-0.4, -0.2) is 29.8 Å². The lowest BCUT2D eigenvalue weighted by atomic mass is 9.96. The molecule has 3 rings (SSSR count). The Morgan fingerprint density at radius 3 is 2.38 bits per heavy atom. The summed E-state index contributed by atoms with van der Waals surface area (Å²) in [6, 6.07) is 14.4. The molecule has 1 N–H and O–H groups in total. The Kier molecular flexibility index (Phi) is 5.78. The van der Waals surface area contributed by atoms with Crippen LogP contribution in [0.3, 0.4) is 0 Å². The molecule has 0 spiro atoms. The van der Waals surface area contributed by atoms with Gasteiger partial charge in [-0.25, -0.2) is 0 Å². The molecule has 0 bridgehead atoms. The monoisotopic (exact) mass is 372 g/mol. The van der Waals surface area contributed by atoms with Gasteiger partial charge in [-0.2, -0.15) is 0 Å². The fraction of sp³-hybridized carbons (Fsp3) is 0.300. The van der Waals surface area contributed by atoms with Crippen molar-refractivity contribution in [1.29, 1.82) is 0 Å². The van der Waals surface area contributed by atoms with E-state index in [0.29, 0.717) is 48.1 Å². The highest BCUT2D eigenvalue weighted by Crippen LogP contribution is 2.31. The second kappa shape index (κ2) is 8.23. The van der Waals surface area contributed by atoms with E-state index in [1.54, 1.807) is 36.1 Å². The van der Waals surface area contributed by atoms with Crippen molar-refractivity contribution in [2.24, 2.45) is 5.92 Å². The van der Waals surface area contributed by atoms with Gasteiger partial charge in [-0.1, -0.05) is 23.7 Å². The summed E-state index contributed by atoms with van der Waals surface area (Å²) in [6.07, 6.45) is 1.34. The van der Waals surface area contributed by atoms with E-state index in [-0.39, 0.29) is 17.7 Å². The molecule has 0 aromatic heterocycles. The van der Waals surface area contributed by atoms with Crippen LogP contribution in [0.15, 0.2) is 48.5 Å². The van der Waals surface area contributed by atoms with Gasteiger partial charge < -0.3 is 15.0 Å². The number of ether oxygens (including phenoxy) is 1. The number of para-hydroxylation sites is 2. The SMILES string of the molecule is CC(=O)N1CCC(C(=O)Nc2ccccc2Oc2ccc(Cl)cc2)CC1. The van der Waals surface area contributed by atoms with E-state index in [1.165, 1.54) is 0 Å². The zero-order valence-corrected chi connectivity index (χ0v) is 15.3. The van der Waals surface area contributed by atoms with Gasteiger partial charge in [0.1, 0.15) is 5.75 Å². The molecule has 1 heterocycles. The molecule has 5 nitrogen and oxygen atoms in total. The zero-order chi connectivity index (χ0) is 18.5. The lowest BCUT2D eigenvalue weighted by Crippen LogP contribution is -2.40. The Hall–Kier alpha value is -2.53. The summed E-state index contributed by atoms with van der Waals surface area (Å²) >= 11 is 5.89. The second-order valence-corrected chi connectivity index (χ2v) is 6.76. The van der Waals surface area contributed by atoms with Crippen LogP contribution < -0.4 is 10.1 Å². The predicted molar refractivity (Wildman–Crippen MR) is 102 cm³/mol. The second-order valence-electron chi connectivity index (χ2n) is 6.32. The average Bonchev–Trinajstić information content (AvgIpc) is 2.65. The summed E-state index contributed by atoms with van der Waals surface area (Å²) in [4.78, 5) is 25.8. The molecular weight excluding hydrogens is 352 g/mol. The molecular formula is C20H21ClN2O3. The van der Waals surface area contributed by atoms with Crippen LogP contribution in [0.4, 0.5) is 5.69 Å². The first-order valence-corrected chi connectivity index (χ1v) is 8.99. The third kappa shape index (κ3) is 4.55. The first-order chi connectivity index (χ1) is 12.5. The number of anilines is 1. The minimum atomic E-state index is -0.103. The summed E-state index contributed by atoms with van der Waals surface area (Å²) in [5, 5.41) is 3.60. The number of benzene rings is 2. The minimum absolute atomic E-state index is 0.0413. The van der Waals surface area contributed by atoms with Gasteiger partial charge in [0.25, 0.3) is 0 Å². The van der Waals surface area contributed by atoms with Crippen molar-refractivity contribution in [3.8, 4) is 11.5 Å². The fourth-order valence-corrected chi connectivity index (χ4v) is 3.11. The highest BCUT2D eigenvalue weighted by atomic mass is 35.5. The van der Waals surface area contributed by atoms with Crippen LogP contribution in [0, 0.1) is 5.92 Å². The molecule has 0 unspecified atom stereocenters. The molecule has 136 valence electrons. The first-order valence-electron chi connectivity index (χ1n) is 8.62. The van der Waals surface area contributed by atoms with Crippen LogP contribution in [0.1, 0.15) is 19.8 Å². The van der Waals surface area contributed by atoms with E-state index in [2.05, 4.69) is 5.32 Å². The summed E-state index contributed by atoms with van der Waals surface area (Å²) in [7, 11) is 0. The predicted octanol–water partition coefficient (Wildman–Crippen LogP) is 4.33.